The highest BCUT2D eigenvalue weighted by Crippen LogP contribution is 2.17. The Morgan fingerprint density at radius 2 is 1.77 bits per heavy atom. The Bertz CT molecular complexity index is 899. The minimum Gasteiger partial charge on any atom is -0.489 e. The van der Waals surface area contributed by atoms with E-state index in [9.17, 15) is 4.39 Å². The Morgan fingerprint density at radius 1 is 1.00 bits per heavy atom. The maximum Gasteiger partial charge on any atom is 0.123 e. The second-order valence-corrected chi connectivity index (χ2v) is 6.53. The molecule has 0 amide bonds. The molecule has 0 atom stereocenters. The van der Waals surface area contributed by atoms with Crippen LogP contribution in [0.15, 0.2) is 72.8 Å². The first-order valence-corrected chi connectivity index (χ1v) is 8.89. The molecule has 0 aliphatic carbocycles. The van der Waals surface area contributed by atoms with Crippen molar-refractivity contribution in [1.82, 2.24) is 5.32 Å². The number of hydrogen-bond donors (Lipinski definition) is 1. The molecule has 3 rings (SSSR count). The summed E-state index contributed by atoms with van der Waals surface area (Å²) >= 11 is 11.6. The third kappa shape index (κ3) is 5.04. The molecule has 26 heavy (non-hydrogen) atoms. The van der Waals surface area contributed by atoms with Crippen molar-refractivity contribution in [3.8, 4) is 5.75 Å². The fraction of sp³-hybridized carbons (Fsp3) is 0.0952. The van der Waals surface area contributed by atoms with Gasteiger partial charge in [0.15, 0.2) is 0 Å². The molecule has 0 unspecified atom stereocenters. The van der Waals surface area contributed by atoms with Gasteiger partial charge in [0.2, 0.25) is 0 Å². The summed E-state index contributed by atoms with van der Waals surface area (Å²) < 4.78 is 18.7. The Morgan fingerprint density at radius 3 is 2.54 bits per heavy atom. The van der Waals surface area contributed by atoms with Crippen molar-refractivity contribution in [2.75, 3.05) is 0 Å². The van der Waals surface area contributed by atoms with E-state index >= 15 is 0 Å². The molecule has 5 heteroatoms. The number of halogens is 2. The van der Waals surface area contributed by atoms with E-state index in [4.69, 9.17) is 28.6 Å². The molecule has 0 heterocycles. The van der Waals surface area contributed by atoms with Crippen molar-refractivity contribution in [3.05, 3.63) is 100 Å². The summed E-state index contributed by atoms with van der Waals surface area (Å²) in [4.78, 5) is 0.622. The highest BCUT2D eigenvalue weighted by molar-refractivity contribution is 7.80. The Hall–Kier alpha value is -2.43. The lowest BCUT2D eigenvalue weighted by atomic mass is 10.2. The van der Waals surface area contributed by atoms with Gasteiger partial charge in [0.25, 0.3) is 0 Å². The molecule has 132 valence electrons. The van der Waals surface area contributed by atoms with Crippen molar-refractivity contribution in [1.29, 1.82) is 0 Å². The first-order chi connectivity index (χ1) is 12.6. The lowest BCUT2D eigenvalue weighted by Crippen LogP contribution is -2.21. The maximum atomic E-state index is 12.9. The fourth-order valence-electron chi connectivity index (χ4n) is 2.39. The second kappa shape index (κ2) is 8.79. The van der Waals surface area contributed by atoms with Gasteiger partial charge in [-0.15, -0.1) is 0 Å². The summed E-state index contributed by atoms with van der Waals surface area (Å²) in [6.07, 6.45) is 0. The van der Waals surface area contributed by atoms with Gasteiger partial charge in [-0.25, -0.2) is 4.39 Å². The van der Waals surface area contributed by atoms with E-state index in [1.807, 2.05) is 48.5 Å². The van der Waals surface area contributed by atoms with Crippen LogP contribution in [0.5, 0.6) is 5.75 Å². The molecule has 2 nitrogen and oxygen atoms in total. The Labute approximate surface area is 162 Å². The van der Waals surface area contributed by atoms with Gasteiger partial charge in [-0.2, -0.15) is 0 Å². The van der Waals surface area contributed by atoms with E-state index < -0.39 is 0 Å². The molecule has 0 radical (unpaired) electrons. The lowest BCUT2D eigenvalue weighted by Gasteiger charge is -2.11. The van der Waals surface area contributed by atoms with Crippen LogP contribution in [0.4, 0.5) is 4.39 Å². The molecule has 0 aliphatic heterocycles. The zero-order valence-electron chi connectivity index (χ0n) is 13.9. The number of rotatable bonds is 6. The average molecular weight is 386 g/mol. The third-order valence-corrected chi connectivity index (χ3v) is 4.56. The Kier molecular flexibility index (Phi) is 6.21. The van der Waals surface area contributed by atoms with Gasteiger partial charge in [0.1, 0.15) is 23.2 Å². The van der Waals surface area contributed by atoms with Crippen molar-refractivity contribution < 1.29 is 9.13 Å². The van der Waals surface area contributed by atoms with Gasteiger partial charge in [-0.1, -0.05) is 66.3 Å². The van der Waals surface area contributed by atoms with E-state index in [0.717, 1.165) is 16.7 Å². The van der Waals surface area contributed by atoms with Crippen LogP contribution in [-0.2, 0) is 13.2 Å². The van der Waals surface area contributed by atoms with Crippen LogP contribution < -0.4 is 10.1 Å². The van der Waals surface area contributed by atoms with Crippen molar-refractivity contribution in [2.24, 2.45) is 0 Å². The van der Waals surface area contributed by atoms with Gasteiger partial charge in [-0.3, -0.25) is 0 Å². The number of ether oxygens (including phenoxy) is 1. The zero-order valence-corrected chi connectivity index (χ0v) is 15.5. The van der Waals surface area contributed by atoms with Gasteiger partial charge in [-0.05, 0) is 41.5 Å². The normalized spacial score (nSPS) is 10.4. The third-order valence-electron chi connectivity index (χ3n) is 3.81. The van der Waals surface area contributed by atoms with E-state index in [2.05, 4.69) is 5.32 Å². The van der Waals surface area contributed by atoms with E-state index in [1.165, 1.54) is 12.1 Å². The van der Waals surface area contributed by atoms with Crippen molar-refractivity contribution in [2.45, 2.75) is 13.2 Å². The van der Waals surface area contributed by atoms with Gasteiger partial charge in [0.05, 0.1) is 0 Å². The highest BCUT2D eigenvalue weighted by atomic mass is 35.5. The molecule has 0 fully saturated rings. The zero-order chi connectivity index (χ0) is 18.4. The first kappa shape index (κ1) is 18.4. The summed E-state index contributed by atoms with van der Waals surface area (Å²) in [5.74, 6) is 0.444. The first-order valence-electron chi connectivity index (χ1n) is 8.11. The molecule has 0 aromatic heterocycles. The molecule has 0 bridgehead atoms. The van der Waals surface area contributed by atoms with Gasteiger partial charge in [0, 0.05) is 17.1 Å². The largest absolute Gasteiger partial charge is 0.489 e. The monoisotopic (exact) mass is 385 g/mol. The second-order valence-electron chi connectivity index (χ2n) is 5.72. The van der Waals surface area contributed by atoms with Crippen LogP contribution in [-0.4, -0.2) is 4.99 Å². The van der Waals surface area contributed by atoms with Crippen LogP contribution in [0, 0.1) is 5.82 Å². The van der Waals surface area contributed by atoms with Gasteiger partial charge >= 0.3 is 0 Å². The summed E-state index contributed by atoms with van der Waals surface area (Å²) in [6, 6.07) is 21.4. The van der Waals surface area contributed by atoms with Crippen LogP contribution in [0.3, 0.4) is 0 Å². The summed E-state index contributed by atoms with van der Waals surface area (Å²) in [7, 11) is 0. The SMILES string of the molecule is Fc1ccc(COc2cccc(C(=S)NCc3ccccc3Cl)c2)cc1. The van der Waals surface area contributed by atoms with Crippen LogP contribution in [0.2, 0.25) is 5.02 Å². The minimum atomic E-state index is -0.259. The molecule has 3 aromatic rings. The molecule has 0 saturated heterocycles. The predicted octanol–water partition coefficient (Wildman–Crippen LogP) is 5.52. The molecular formula is C21H17ClFNOS. The summed E-state index contributed by atoms with van der Waals surface area (Å²) in [6.45, 7) is 0.919. The highest BCUT2D eigenvalue weighted by Gasteiger charge is 2.05. The van der Waals surface area contributed by atoms with E-state index in [1.54, 1.807) is 12.1 Å². The number of nitrogens with one attached hydrogen (secondary N) is 1. The fourth-order valence-corrected chi connectivity index (χ4v) is 2.80. The van der Waals surface area contributed by atoms with Crippen LogP contribution in [0.25, 0.3) is 0 Å². The van der Waals surface area contributed by atoms with Crippen LogP contribution >= 0.6 is 23.8 Å². The molecular weight excluding hydrogens is 369 g/mol. The molecule has 0 aliphatic rings. The number of thiocarbonyl (C=S) groups is 1. The maximum absolute atomic E-state index is 12.9. The number of hydrogen-bond acceptors (Lipinski definition) is 2. The smallest absolute Gasteiger partial charge is 0.123 e. The van der Waals surface area contributed by atoms with E-state index in [0.29, 0.717) is 28.9 Å². The number of benzene rings is 3. The molecule has 3 aromatic carbocycles. The standard InChI is InChI=1S/C21H17ClFNOS/c22-20-7-2-1-4-17(20)13-24-21(26)16-5-3-6-19(12-16)25-14-15-8-10-18(23)11-9-15/h1-12H,13-14H2,(H,24,26). The summed E-state index contributed by atoms with van der Waals surface area (Å²) in [5, 5.41) is 3.92. The molecule has 0 saturated carbocycles. The minimum absolute atomic E-state index is 0.259. The van der Waals surface area contributed by atoms with Crippen LogP contribution in [0.1, 0.15) is 16.7 Å². The lowest BCUT2D eigenvalue weighted by molar-refractivity contribution is 0.306. The van der Waals surface area contributed by atoms with Crippen molar-refractivity contribution >= 4 is 28.8 Å². The predicted molar refractivity (Wildman–Crippen MR) is 107 cm³/mol. The van der Waals surface area contributed by atoms with E-state index in [-0.39, 0.29) is 5.82 Å². The van der Waals surface area contributed by atoms with Crippen molar-refractivity contribution in [3.63, 3.8) is 0 Å². The molecule has 1 N–H and O–H groups in total. The average Bonchev–Trinajstić information content (AvgIpc) is 2.67. The molecule has 0 spiro atoms. The van der Waals surface area contributed by atoms with Gasteiger partial charge < -0.3 is 10.1 Å². The topological polar surface area (TPSA) is 21.3 Å². The Balaban J connectivity index is 1.60. The quantitative estimate of drug-likeness (QED) is 0.564. The summed E-state index contributed by atoms with van der Waals surface area (Å²) in [5.41, 5.74) is 2.75.